The highest BCUT2D eigenvalue weighted by Crippen LogP contribution is 2.31. The fraction of sp³-hybridized carbons (Fsp3) is 0.346. The molecule has 178 valence electrons. The third-order valence-electron chi connectivity index (χ3n) is 6.16. The Kier molecular flexibility index (Phi) is 7.27. The molecule has 0 atom stereocenters. The largest absolute Gasteiger partial charge is 0.497 e. The Morgan fingerprint density at radius 2 is 1.44 bits per heavy atom. The van der Waals surface area contributed by atoms with E-state index in [4.69, 9.17) is 14.6 Å². The molecule has 1 fully saturated rings. The van der Waals surface area contributed by atoms with Gasteiger partial charge in [-0.05, 0) is 49.0 Å². The summed E-state index contributed by atoms with van der Waals surface area (Å²) in [6.45, 7) is 3.39. The van der Waals surface area contributed by atoms with Crippen LogP contribution in [0.5, 0.6) is 11.5 Å². The average molecular weight is 463 g/mol. The Bertz CT molecular complexity index is 1180. The molecule has 0 saturated carbocycles. The van der Waals surface area contributed by atoms with Crippen LogP contribution in [0.25, 0.3) is 22.4 Å². The maximum atomic E-state index is 13.0. The monoisotopic (exact) mass is 462 g/mol. The number of aryl methyl sites for hydroxylation is 1. The molecule has 8 nitrogen and oxygen atoms in total. The van der Waals surface area contributed by atoms with Gasteiger partial charge in [0.15, 0.2) is 0 Å². The van der Waals surface area contributed by atoms with Gasteiger partial charge in [-0.1, -0.05) is 12.1 Å². The van der Waals surface area contributed by atoms with Crippen molar-refractivity contribution in [3.63, 3.8) is 0 Å². The molecule has 1 amide bonds. The van der Waals surface area contributed by atoms with E-state index in [0.717, 1.165) is 41.3 Å². The van der Waals surface area contributed by atoms with Crippen molar-refractivity contribution in [2.45, 2.75) is 13.0 Å². The lowest BCUT2D eigenvalue weighted by molar-refractivity contribution is -0.133. The van der Waals surface area contributed by atoms with Crippen LogP contribution in [0.3, 0.4) is 0 Å². The van der Waals surface area contributed by atoms with Crippen LogP contribution in [0, 0.1) is 0 Å². The van der Waals surface area contributed by atoms with E-state index >= 15 is 0 Å². The van der Waals surface area contributed by atoms with Crippen molar-refractivity contribution in [2.75, 3.05) is 47.4 Å². The molecule has 0 N–H and O–H groups in total. The molecule has 0 bridgehead atoms. The Balaban J connectivity index is 1.65. The van der Waals surface area contributed by atoms with E-state index in [1.165, 1.54) is 4.68 Å². The first-order valence-electron chi connectivity index (χ1n) is 11.4. The van der Waals surface area contributed by atoms with Gasteiger partial charge in [-0.3, -0.25) is 9.59 Å². The van der Waals surface area contributed by atoms with Gasteiger partial charge in [0.05, 0.1) is 26.5 Å². The molecule has 3 aromatic rings. The Hall–Kier alpha value is -3.65. The molecule has 2 aromatic carbocycles. The Labute approximate surface area is 199 Å². The van der Waals surface area contributed by atoms with Crippen LogP contribution in [0.15, 0.2) is 59.4 Å². The molecule has 8 heteroatoms. The number of carbonyl (C=O) groups excluding carboxylic acids is 1. The van der Waals surface area contributed by atoms with Crippen molar-refractivity contribution in [2.24, 2.45) is 0 Å². The minimum Gasteiger partial charge on any atom is -0.497 e. The summed E-state index contributed by atoms with van der Waals surface area (Å²) in [4.78, 5) is 29.7. The van der Waals surface area contributed by atoms with Crippen LogP contribution in [-0.2, 0) is 11.3 Å². The van der Waals surface area contributed by atoms with Crippen LogP contribution < -0.4 is 15.0 Å². The third-order valence-corrected chi connectivity index (χ3v) is 6.16. The normalized spacial score (nSPS) is 14.1. The fourth-order valence-electron chi connectivity index (χ4n) is 4.02. The molecular weight excluding hydrogens is 432 g/mol. The first kappa shape index (κ1) is 23.5. The van der Waals surface area contributed by atoms with E-state index in [1.807, 2.05) is 53.4 Å². The molecule has 1 saturated heterocycles. The minimum absolute atomic E-state index is 0.0482. The first-order valence-corrected chi connectivity index (χ1v) is 11.4. The summed E-state index contributed by atoms with van der Waals surface area (Å²) in [6, 6.07) is 16.7. The number of carbonyl (C=O) groups is 1. The van der Waals surface area contributed by atoms with E-state index in [2.05, 4.69) is 11.9 Å². The summed E-state index contributed by atoms with van der Waals surface area (Å²) in [6.07, 6.45) is 0.237. The van der Waals surface area contributed by atoms with Gasteiger partial charge in [0.1, 0.15) is 11.5 Å². The van der Waals surface area contributed by atoms with E-state index in [9.17, 15) is 9.59 Å². The Morgan fingerprint density at radius 3 is 2.00 bits per heavy atom. The molecule has 0 unspecified atom stereocenters. The van der Waals surface area contributed by atoms with Crippen LogP contribution in [0.2, 0.25) is 0 Å². The van der Waals surface area contributed by atoms with Gasteiger partial charge in [-0.15, -0.1) is 0 Å². The van der Waals surface area contributed by atoms with Crippen molar-refractivity contribution in [1.29, 1.82) is 0 Å². The molecule has 1 aliphatic heterocycles. The summed E-state index contributed by atoms with van der Waals surface area (Å²) in [5, 5.41) is 4.70. The van der Waals surface area contributed by atoms with Gasteiger partial charge < -0.3 is 19.3 Å². The summed E-state index contributed by atoms with van der Waals surface area (Å²) in [5.74, 6) is 1.52. The number of nitrogens with zero attached hydrogens (tertiary/aromatic N) is 4. The SMILES string of the molecule is COc1ccc(-c2cc(=O)n(CCC(=O)N3CCN(C)CC3)nc2-c2ccc(OC)cc2)cc1. The van der Waals surface area contributed by atoms with Crippen molar-refractivity contribution < 1.29 is 14.3 Å². The number of aromatic nitrogens is 2. The van der Waals surface area contributed by atoms with E-state index in [-0.39, 0.29) is 24.4 Å². The zero-order chi connectivity index (χ0) is 24.1. The molecule has 0 aliphatic carbocycles. The highest BCUT2D eigenvalue weighted by molar-refractivity contribution is 5.80. The number of rotatable bonds is 7. The minimum atomic E-state index is -0.241. The van der Waals surface area contributed by atoms with Crippen LogP contribution in [-0.4, -0.2) is 72.9 Å². The second-order valence-electron chi connectivity index (χ2n) is 8.36. The number of likely N-dealkylation sites (N-methyl/N-ethyl adjacent to an activating group) is 1. The van der Waals surface area contributed by atoms with Gasteiger partial charge in [-0.2, -0.15) is 5.10 Å². The third kappa shape index (κ3) is 5.28. The molecule has 0 spiro atoms. The molecule has 0 radical (unpaired) electrons. The summed E-state index contributed by atoms with van der Waals surface area (Å²) >= 11 is 0. The summed E-state index contributed by atoms with van der Waals surface area (Å²) in [7, 11) is 5.29. The quantitative estimate of drug-likeness (QED) is 0.538. The fourth-order valence-corrected chi connectivity index (χ4v) is 4.02. The van der Waals surface area contributed by atoms with Crippen molar-refractivity contribution in [1.82, 2.24) is 19.6 Å². The lowest BCUT2D eigenvalue weighted by Gasteiger charge is -2.32. The standard InChI is InChI=1S/C26H30N4O4/c1-28-14-16-29(17-15-28)24(31)12-13-30-25(32)18-23(19-4-8-21(33-2)9-5-19)26(27-30)20-6-10-22(34-3)11-7-20/h4-11,18H,12-17H2,1-3H3. The van der Waals surface area contributed by atoms with Gasteiger partial charge in [-0.25, -0.2) is 4.68 Å². The maximum Gasteiger partial charge on any atom is 0.267 e. The second kappa shape index (κ2) is 10.5. The highest BCUT2D eigenvalue weighted by Gasteiger charge is 2.20. The van der Waals surface area contributed by atoms with Gasteiger partial charge in [0, 0.05) is 49.8 Å². The number of benzene rings is 2. The molecule has 1 aromatic heterocycles. The van der Waals surface area contributed by atoms with Gasteiger partial charge in [0.2, 0.25) is 5.91 Å². The number of methoxy groups -OCH3 is 2. The predicted molar refractivity (Wildman–Crippen MR) is 131 cm³/mol. The molecule has 34 heavy (non-hydrogen) atoms. The van der Waals surface area contributed by atoms with Crippen molar-refractivity contribution >= 4 is 5.91 Å². The zero-order valence-electron chi connectivity index (χ0n) is 19.9. The summed E-state index contributed by atoms with van der Waals surface area (Å²) in [5.41, 5.74) is 2.86. The predicted octanol–water partition coefficient (Wildman–Crippen LogP) is 2.76. The van der Waals surface area contributed by atoms with E-state index < -0.39 is 0 Å². The molecule has 4 rings (SSSR count). The molecular formula is C26H30N4O4. The summed E-state index contributed by atoms with van der Waals surface area (Å²) < 4.78 is 11.9. The number of ether oxygens (including phenoxy) is 2. The molecule has 1 aliphatic rings. The number of hydrogen-bond donors (Lipinski definition) is 0. The topological polar surface area (TPSA) is 76.9 Å². The van der Waals surface area contributed by atoms with Gasteiger partial charge in [0.25, 0.3) is 5.56 Å². The first-order chi connectivity index (χ1) is 16.5. The smallest absolute Gasteiger partial charge is 0.267 e. The van der Waals surface area contributed by atoms with Crippen LogP contribution in [0.4, 0.5) is 0 Å². The zero-order valence-corrected chi connectivity index (χ0v) is 19.9. The second-order valence-corrected chi connectivity index (χ2v) is 8.36. The lowest BCUT2D eigenvalue weighted by atomic mass is 10.00. The maximum absolute atomic E-state index is 13.0. The van der Waals surface area contributed by atoms with E-state index in [0.29, 0.717) is 18.8 Å². The number of amides is 1. The lowest BCUT2D eigenvalue weighted by Crippen LogP contribution is -2.47. The van der Waals surface area contributed by atoms with Crippen molar-refractivity contribution in [3.8, 4) is 33.9 Å². The van der Waals surface area contributed by atoms with Gasteiger partial charge >= 0.3 is 0 Å². The number of piperazine rings is 1. The molecule has 2 heterocycles. The van der Waals surface area contributed by atoms with Crippen LogP contribution >= 0.6 is 0 Å². The van der Waals surface area contributed by atoms with Crippen molar-refractivity contribution in [3.05, 3.63) is 65.0 Å². The van der Waals surface area contributed by atoms with E-state index in [1.54, 1.807) is 20.3 Å². The average Bonchev–Trinajstić information content (AvgIpc) is 2.88. The van der Waals surface area contributed by atoms with Crippen LogP contribution in [0.1, 0.15) is 6.42 Å². The highest BCUT2D eigenvalue weighted by atomic mass is 16.5. The Morgan fingerprint density at radius 1 is 0.882 bits per heavy atom. The number of hydrogen-bond acceptors (Lipinski definition) is 6.